The van der Waals surface area contributed by atoms with Crippen molar-refractivity contribution in [2.24, 2.45) is 5.73 Å². The zero-order valence-corrected chi connectivity index (χ0v) is 7.24. The van der Waals surface area contributed by atoms with Gasteiger partial charge in [0.15, 0.2) is 0 Å². The van der Waals surface area contributed by atoms with Crippen LogP contribution in [0.5, 0.6) is 11.5 Å². The molecule has 0 aliphatic heterocycles. The molecule has 0 bridgehead atoms. The molecule has 1 rings (SSSR count). The Kier molecular flexibility index (Phi) is 2.55. The van der Waals surface area contributed by atoms with Crippen LogP contribution in [-0.4, -0.2) is 12.2 Å². The fourth-order valence-electron chi connectivity index (χ4n) is 1.08. The Hall–Kier alpha value is -1.22. The minimum Gasteiger partial charge on any atom is -0.508 e. The smallest absolute Gasteiger partial charge is 0.123 e. The van der Waals surface area contributed by atoms with Gasteiger partial charge in [0.1, 0.15) is 11.5 Å². The van der Waals surface area contributed by atoms with E-state index in [0.717, 1.165) is 5.56 Å². The number of rotatable bonds is 2. The standard InChI is InChI=1S/C9H13NO2/c1-6(10)8-5-7(11)3-4-9(8)12-2/h3-6,11H,10H2,1-2H3/t6-/m0/s1. The minimum absolute atomic E-state index is 0.132. The summed E-state index contributed by atoms with van der Waals surface area (Å²) < 4.78 is 5.07. The molecule has 0 aliphatic rings. The van der Waals surface area contributed by atoms with E-state index in [4.69, 9.17) is 10.5 Å². The fraction of sp³-hybridized carbons (Fsp3) is 0.333. The van der Waals surface area contributed by atoms with E-state index in [1.807, 2.05) is 6.92 Å². The summed E-state index contributed by atoms with van der Waals surface area (Å²) in [6, 6.07) is 4.76. The first-order valence-corrected chi connectivity index (χ1v) is 3.77. The van der Waals surface area contributed by atoms with Crippen LogP contribution < -0.4 is 10.5 Å². The molecular formula is C9H13NO2. The van der Waals surface area contributed by atoms with Gasteiger partial charge in [-0.1, -0.05) is 0 Å². The molecule has 66 valence electrons. The van der Waals surface area contributed by atoms with Crippen molar-refractivity contribution in [1.29, 1.82) is 0 Å². The molecular weight excluding hydrogens is 154 g/mol. The number of ether oxygens (including phenoxy) is 1. The molecule has 3 nitrogen and oxygen atoms in total. The summed E-state index contributed by atoms with van der Waals surface area (Å²) in [6.07, 6.45) is 0. The van der Waals surface area contributed by atoms with Gasteiger partial charge in [0.05, 0.1) is 7.11 Å². The Bertz CT molecular complexity index is 271. The zero-order chi connectivity index (χ0) is 9.14. The molecule has 12 heavy (non-hydrogen) atoms. The number of nitrogens with two attached hydrogens (primary N) is 1. The molecule has 0 fully saturated rings. The lowest BCUT2D eigenvalue weighted by Gasteiger charge is -2.11. The van der Waals surface area contributed by atoms with Crippen molar-refractivity contribution in [3.8, 4) is 11.5 Å². The summed E-state index contributed by atoms with van der Waals surface area (Å²) in [7, 11) is 1.58. The van der Waals surface area contributed by atoms with Crippen LogP contribution in [0.4, 0.5) is 0 Å². The van der Waals surface area contributed by atoms with Crippen LogP contribution in [0.3, 0.4) is 0 Å². The highest BCUT2D eigenvalue weighted by molar-refractivity contribution is 5.41. The second-order valence-electron chi connectivity index (χ2n) is 2.71. The van der Waals surface area contributed by atoms with Gasteiger partial charge in [-0.15, -0.1) is 0 Å². The second kappa shape index (κ2) is 3.45. The van der Waals surface area contributed by atoms with Crippen molar-refractivity contribution < 1.29 is 9.84 Å². The molecule has 0 radical (unpaired) electrons. The average Bonchev–Trinajstić information content (AvgIpc) is 2.04. The highest BCUT2D eigenvalue weighted by Crippen LogP contribution is 2.27. The maximum absolute atomic E-state index is 9.17. The number of hydrogen-bond donors (Lipinski definition) is 2. The molecule has 0 spiro atoms. The number of benzene rings is 1. The van der Waals surface area contributed by atoms with Gasteiger partial charge in [0.25, 0.3) is 0 Å². The van der Waals surface area contributed by atoms with Crippen molar-refractivity contribution in [3.05, 3.63) is 23.8 Å². The zero-order valence-electron chi connectivity index (χ0n) is 7.24. The Morgan fingerprint density at radius 2 is 2.17 bits per heavy atom. The second-order valence-corrected chi connectivity index (χ2v) is 2.71. The largest absolute Gasteiger partial charge is 0.508 e. The van der Waals surface area contributed by atoms with E-state index < -0.39 is 0 Å². The van der Waals surface area contributed by atoms with Gasteiger partial charge in [-0.05, 0) is 25.1 Å². The lowest BCUT2D eigenvalue weighted by atomic mass is 10.1. The van der Waals surface area contributed by atoms with Crippen LogP contribution in [0.2, 0.25) is 0 Å². The van der Waals surface area contributed by atoms with Gasteiger partial charge in [0, 0.05) is 11.6 Å². The molecule has 1 aromatic rings. The van der Waals surface area contributed by atoms with E-state index in [-0.39, 0.29) is 11.8 Å². The highest BCUT2D eigenvalue weighted by atomic mass is 16.5. The number of aromatic hydroxyl groups is 1. The third kappa shape index (κ3) is 1.68. The molecule has 0 saturated carbocycles. The van der Waals surface area contributed by atoms with Crippen LogP contribution >= 0.6 is 0 Å². The molecule has 0 saturated heterocycles. The topological polar surface area (TPSA) is 55.5 Å². The lowest BCUT2D eigenvalue weighted by molar-refractivity contribution is 0.404. The van der Waals surface area contributed by atoms with Crippen LogP contribution in [0.1, 0.15) is 18.5 Å². The summed E-state index contributed by atoms with van der Waals surface area (Å²) in [4.78, 5) is 0. The predicted molar refractivity (Wildman–Crippen MR) is 47.3 cm³/mol. The highest BCUT2D eigenvalue weighted by Gasteiger charge is 2.07. The van der Waals surface area contributed by atoms with Gasteiger partial charge in [-0.2, -0.15) is 0 Å². The number of hydrogen-bond acceptors (Lipinski definition) is 3. The molecule has 1 aromatic carbocycles. The molecule has 0 aromatic heterocycles. The summed E-state index contributed by atoms with van der Waals surface area (Å²) in [5.74, 6) is 0.922. The third-order valence-corrected chi connectivity index (χ3v) is 1.70. The maximum Gasteiger partial charge on any atom is 0.123 e. The first-order chi connectivity index (χ1) is 5.65. The summed E-state index contributed by atoms with van der Waals surface area (Å²) >= 11 is 0. The summed E-state index contributed by atoms with van der Waals surface area (Å²) in [6.45, 7) is 1.84. The maximum atomic E-state index is 9.17. The molecule has 3 N–H and O–H groups in total. The quantitative estimate of drug-likeness (QED) is 0.700. The minimum atomic E-state index is -0.132. The van der Waals surface area contributed by atoms with Crippen molar-refractivity contribution in [2.45, 2.75) is 13.0 Å². The number of methoxy groups -OCH3 is 1. The van der Waals surface area contributed by atoms with Gasteiger partial charge in [0.2, 0.25) is 0 Å². The van der Waals surface area contributed by atoms with Crippen molar-refractivity contribution in [2.75, 3.05) is 7.11 Å². The average molecular weight is 167 g/mol. The van der Waals surface area contributed by atoms with Gasteiger partial charge in [-0.25, -0.2) is 0 Å². The summed E-state index contributed by atoms with van der Waals surface area (Å²) in [5, 5.41) is 9.17. The van der Waals surface area contributed by atoms with E-state index in [0.29, 0.717) is 5.75 Å². The number of phenolic OH excluding ortho intramolecular Hbond substituents is 1. The van der Waals surface area contributed by atoms with Crippen LogP contribution in [0, 0.1) is 0 Å². The van der Waals surface area contributed by atoms with E-state index in [9.17, 15) is 5.11 Å². The Labute approximate surface area is 71.8 Å². The van der Waals surface area contributed by atoms with Crippen molar-refractivity contribution in [3.63, 3.8) is 0 Å². The Morgan fingerprint density at radius 3 is 2.67 bits per heavy atom. The van der Waals surface area contributed by atoms with Crippen LogP contribution in [0.15, 0.2) is 18.2 Å². The first kappa shape index (κ1) is 8.87. The van der Waals surface area contributed by atoms with Crippen LogP contribution in [-0.2, 0) is 0 Å². The molecule has 0 unspecified atom stereocenters. The van der Waals surface area contributed by atoms with Gasteiger partial charge in [-0.3, -0.25) is 0 Å². The normalized spacial score (nSPS) is 12.6. The SMILES string of the molecule is COc1ccc(O)cc1[C@H](C)N. The Morgan fingerprint density at radius 1 is 1.50 bits per heavy atom. The van der Waals surface area contributed by atoms with Crippen LogP contribution in [0.25, 0.3) is 0 Å². The molecule has 1 atom stereocenters. The fourth-order valence-corrected chi connectivity index (χ4v) is 1.08. The molecule has 3 heteroatoms. The van der Waals surface area contributed by atoms with Gasteiger partial charge >= 0.3 is 0 Å². The van der Waals surface area contributed by atoms with Gasteiger partial charge < -0.3 is 15.6 Å². The monoisotopic (exact) mass is 167 g/mol. The lowest BCUT2D eigenvalue weighted by Crippen LogP contribution is -2.06. The van der Waals surface area contributed by atoms with E-state index in [1.54, 1.807) is 25.3 Å². The molecule has 0 aliphatic carbocycles. The molecule has 0 amide bonds. The third-order valence-electron chi connectivity index (χ3n) is 1.70. The van der Waals surface area contributed by atoms with Crippen molar-refractivity contribution >= 4 is 0 Å². The molecule has 0 heterocycles. The Balaban J connectivity index is 3.12. The van der Waals surface area contributed by atoms with Crippen molar-refractivity contribution in [1.82, 2.24) is 0 Å². The predicted octanol–water partition coefficient (Wildman–Crippen LogP) is 1.42. The first-order valence-electron chi connectivity index (χ1n) is 3.77. The van der Waals surface area contributed by atoms with E-state index in [1.165, 1.54) is 0 Å². The van der Waals surface area contributed by atoms with E-state index in [2.05, 4.69) is 0 Å². The van der Waals surface area contributed by atoms with E-state index >= 15 is 0 Å². The number of phenols is 1. The summed E-state index contributed by atoms with van der Waals surface area (Å²) in [5.41, 5.74) is 6.48.